The van der Waals surface area contributed by atoms with Gasteiger partial charge in [0, 0.05) is 24.2 Å². The molecule has 1 fully saturated rings. The third-order valence-electron chi connectivity index (χ3n) is 3.54. The van der Waals surface area contributed by atoms with E-state index in [9.17, 15) is 0 Å². The summed E-state index contributed by atoms with van der Waals surface area (Å²) in [7, 11) is 0. The van der Waals surface area contributed by atoms with Gasteiger partial charge in [-0.05, 0) is 32.3 Å². The standard InChI is InChI=1S/C14H19N5/c1-3-8-19-11(6-7-16-19)12-9(2)13(15)18-14(17-12)10-4-5-10/h6-7,10H,3-5,8H2,1-2H3,(H2,15,17,18). The largest absolute Gasteiger partial charge is 0.383 e. The predicted octanol–water partition coefficient (Wildman–Crippen LogP) is 2.52. The van der Waals surface area contributed by atoms with Gasteiger partial charge in [-0.2, -0.15) is 5.10 Å². The average molecular weight is 257 g/mol. The summed E-state index contributed by atoms with van der Waals surface area (Å²) in [4.78, 5) is 9.15. The maximum absolute atomic E-state index is 6.04. The molecule has 0 atom stereocenters. The second kappa shape index (κ2) is 4.64. The summed E-state index contributed by atoms with van der Waals surface area (Å²) in [5, 5.41) is 4.36. The van der Waals surface area contributed by atoms with E-state index in [-0.39, 0.29) is 0 Å². The van der Waals surface area contributed by atoms with Crippen LogP contribution in [0.2, 0.25) is 0 Å². The molecule has 100 valence electrons. The number of nitrogens with zero attached hydrogens (tertiary/aromatic N) is 4. The van der Waals surface area contributed by atoms with Crippen LogP contribution in [-0.4, -0.2) is 19.7 Å². The first-order valence-corrected chi connectivity index (χ1v) is 6.87. The Morgan fingerprint density at radius 2 is 2.16 bits per heavy atom. The van der Waals surface area contributed by atoms with E-state index < -0.39 is 0 Å². The van der Waals surface area contributed by atoms with Crippen molar-refractivity contribution in [1.82, 2.24) is 19.7 Å². The van der Waals surface area contributed by atoms with Crippen LogP contribution in [0.3, 0.4) is 0 Å². The van der Waals surface area contributed by atoms with Crippen molar-refractivity contribution in [2.75, 3.05) is 5.73 Å². The molecule has 0 aliphatic heterocycles. The Balaban J connectivity index is 2.09. The zero-order chi connectivity index (χ0) is 13.4. The van der Waals surface area contributed by atoms with Crippen LogP contribution >= 0.6 is 0 Å². The van der Waals surface area contributed by atoms with Gasteiger partial charge in [-0.1, -0.05) is 6.92 Å². The Morgan fingerprint density at radius 3 is 2.84 bits per heavy atom. The van der Waals surface area contributed by atoms with E-state index in [0.717, 1.165) is 35.7 Å². The number of aromatic nitrogens is 4. The van der Waals surface area contributed by atoms with Gasteiger partial charge in [0.05, 0.1) is 11.4 Å². The van der Waals surface area contributed by atoms with Gasteiger partial charge in [0.1, 0.15) is 11.6 Å². The van der Waals surface area contributed by atoms with Crippen LogP contribution in [-0.2, 0) is 6.54 Å². The first-order chi connectivity index (χ1) is 9.20. The van der Waals surface area contributed by atoms with Crippen molar-refractivity contribution in [2.24, 2.45) is 0 Å². The highest BCUT2D eigenvalue weighted by Crippen LogP contribution is 2.39. The molecule has 19 heavy (non-hydrogen) atoms. The summed E-state index contributed by atoms with van der Waals surface area (Å²) in [5.74, 6) is 1.99. The molecule has 0 radical (unpaired) electrons. The molecule has 2 heterocycles. The van der Waals surface area contributed by atoms with E-state index in [0.29, 0.717) is 11.7 Å². The second-order valence-electron chi connectivity index (χ2n) is 5.15. The van der Waals surface area contributed by atoms with Crippen LogP contribution in [0.25, 0.3) is 11.4 Å². The minimum atomic E-state index is 0.504. The third kappa shape index (κ3) is 2.20. The average Bonchev–Trinajstić information content (AvgIpc) is 3.14. The monoisotopic (exact) mass is 257 g/mol. The molecule has 3 rings (SSSR count). The fraction of sp³-hybridized carbons (Fsp3) is 0.500. The molecule has 0 amide bonds. The molecule has 2 N–H and O–H groups in total. The molecule has 1 saturated carbocycles. The van der Waals surface area contributed by atoms with Gasteiger partial charge in [0.25, 0.3) is 0 Å². The quantitative estimate of drug-likeness (QED) is 0.913. The highest BCUT2D eigenvalue weighted by Gasteiger charge is 2.28. The van der Waals surface area contributed by atoms with E-state index in [2.05, 4.69) is 17.0 Å². The Bertz CT molecular complexity index is 598. The molecule has 0 spiro atoms. The van der Waals surface area contributed by atoms with Gasteiger partial charge in [-0.15, -0.1) is 0 Å². The zero-order valence-electron chi connectivity index (χ0n) is 11.4. The van der Waals surface area contributed by atoms with Crippen LogP contribution in [0.5, 0.6) is 0 Å². The molecule has 0 saturated heterocycles. The lowest BCUT2D eigenvalue weighted by Crippen LogP contribution is -2.08. The summed E-state index contributed by atoms with van der Waals surface area (Å²) in [5.41, 5.74) is 8.95. The summed E-state index contributed by atoms with van der Waals surface area (Å²) in [6, 6.07) is 2.00. The molecular formula is C14H19N5. The van der Waals surface area contributed by atoms with Crippen molar-refractivity contribution in [3.05, 3.63) is 23.7 Å². The van der Waals surface area contributed by atoms with Crippen molar-refractivity contribution in [1.29, 1.82) is 0 Å². The number of aryl methyl sites for hydroxylation is 1. The molecule has 2 aromatic rings. The first kappa shape index (κ1) is 12.1. The lowest BCUT2D eigenvalue weighted by molar-refractivity contribution is 0.607. The molecule has 5 heteroatoms. The third-order valence-corrected chi connectivity index (χ3v) is 3.54. The maximum atomic E-state index is 6.04. The minimum absolute atomic E-state index is 0.504. The van der Waals surface area contributed by atoms with Crippen LogP contribution in [0.15, 0.2) is 12.3 Å². The van der Waals surface area contributed by atoms with Gasteiger partial charge in [-0.25, -0.2) is 9.97 Å². The Labute approximate surface area is 112 Å². The van der Waals surface area contributed by atoms with E-state index >= 15 is 0 Å². The van der Waals surface area contributed by atoms with Crippen LogP contribution < -0.4 is 5.73 Å². The molecule has 1 aliphatic rings. The van der Waals surface area contributed by atoms with Crippen molar-refractivity contribution < 1.29 is 0 Å². The highest BCUT2D eigenvalue weighted by atomic mass is 15.3. The van der Waals surface area contributed by atoms with Crippen molar-refractivity contribution in [2.45, 2.75) is 45.6 Å². The van der Waals surface area contributed by atoms with E-state index in [1.165, 1.54) is 12.8 Å². The molecule has 1 aliphatic carbocycles. The summed E-state index contributed by atoms with van der Waals surface area (Å²) >= 11 is 0. The van der Waals surface area contributed by atoms with Gasteiger partial charge in [0.2, 0.25) is 0 Å². The molecule has 5 nitrogen and oxygen atoms in total. The number of hydrogen-bond donors (Lipinski definition) is 1. The number of rotatable bonds is 4. The number of anilines is 1. The van der Waals surface area contributed by atoms with Crippen LogP contribution in [0.1, 0.15) is 43.5 Å². The summed E-state index contributed by atoms with van der Waals surface area (Å²) in [6.07, 6.45) is 5.22. The lowest BCUT2D eigenvalue weighted by Gasteiger charge is -2.11. The van der Waals surface area contributed by atoms with E-state index in [1.54, 1.807) is 0 Å². The maximum Gasteiger partial charge on any atom is 0.134 e. The van der Waals surface area contributed by atoms with Gasteiger partial charge < -0.3 is 5.73 Å². The Morgan fingerprint density at radius 1 is 1.37 bits per heavy atom. The van der Waals surface area contributed by atoms with Gasteiger partial charge >= 0.3 is 0 Å². The molecule has 0 aromatic carbocycles. The van der Waals surface area contributed by atoms with Gasteiger partial charge in [0.15, 0.2) is 0 Å². The fourth-order valence-corrected chi connectivity index (χ4v) is 2.25. The predicted molar refractivity (Wildman–Crippen MR) is 74.7 cm³/mol. The fourth-order valence-electron chi connectivity index (χ4n) is 2.25. The highest BCUT2D eigenvalue weighted by molar-refractivity contribution is 5.64. The van der Waals surface area contributed by atoms with E-state index in [1.807, 2.05) is 23.9 Å². The molecule has 0 unspecified atom stereocenters. The molecule has 0 bridgehead atoms. The Kier molecular flexibility index (Phi) is 2.97. The van der Waals surface area contributed by atoms with Crippen molar-refractivity contribution in [3.8, 4) is 11.4 Å². The Hall–Kier alpha value is -1.91. The molecule has 2 aromatic heterocycles. The lowest BCUT2D eigenvalue weighted by atomic mass is 10.1. The first-order valence-electron chi connectivity index (χ1n) is 6.87. The molecular weight excluding hydrogens is 238 g/mol. The topological polar surface area (TPSA) is 69.6 Å². The van der Waals surface area contributed by atoms with Crippen LogP contribution in [0.4, 0.5) is 5.82 Å². The van der Waals surface area contributed by atoms with Gasteiger partial charge in [-0.3, -0.25) is 4.68 Å². The van der Waals surface area contributed by atoms with Crippen molar-refractivity contribution >= 4 is 5.82 Å². The number of nitrogen functional groups attached to an aromatic ring is 1. The number of hydrogen-bond acceptors (Lipinski definition) is 4. The normalized spacial score (nSPS) is 14.8. The summed E-state index contributed by atoms with van der Waals surface area (Å²) < 4.78 is 1.99. The van der Waals surface area contributed by atoms with Crippen molar-refractivity contribution in [3.63, 3.8) is 0 Å². The second-order valence-corrected chi connectivity index (χ2v) is 5.15. The van der Waals surface area contributed by atoms with Crippen LogP contribution in [0, 0.1) is 6.92 Å². The summed E-state index contributed by atoms with van der Waals surface area (Å²) in [6.45, 7) is 5.01. The zero-order valence-corrected chi connectivity index (χ0v) is 11.4. The number of nitrogens with two attached hydrogens (primary N) is 1. The SMILES string of the molecule is CCCn1nccc1-c1nc(C2CC2)nc(N)c1C. The minimum Gasteiger partial charge on any atom is -0.383 e. The smallest absolute Gasteiger partial charge is 0.134 e. The van der Waals surface area contributed by atoms with E-state index in [4.69, 9.17) is 10.7 Å².